The van der Waals surface area contributed by atoms with Crippen molar-refractivity contribution in [1.29, 1.82) is 0 Å². The van der Waals surface area contributed by atoms with E-state index in [1.807, 2.05) is 5.32 Å². The zero-order valence-electron chi connectivity index (χ0n) is 16.1. The van der Waals surface area contributed by atoms with Crippen LogP contribution in [0.2, 0.25) is 5.02 Å². The molecule has 0 bridgehead atoms. The fourth-order valence-corrected chi connectivity index (χ4v) is 3.58. The molecule has 3 aromatic rings. The van der Waals surface area contributed by atoms with E-state index in [1.54, 1.807) is 10.3 Å². The molecule has 170 valence electrons. The Morgan fingerprint density at radius 3 is 2.18 bits per heavy atom. The molecule has 1 unspecified atom stereocenters. The van der Waals surface area contributed by atoms with Crippen molar-refractivity contribution in [3.8, 4) is 5.69 Å². The Morgan fingerprint density at radius 1 is 1.00 bits per heavy atom. The number of hydrogen-bond acceptors (Lipinski definition) is 4. The number of hydrogen-bond donors (Lipinski definition) is 3. The van der Waals surface area contributed by atoms with E-state index in [4.69, 9.17) is 11.6 Å². The molecule has 1 atom stereocenters. The Balaban J connectivity index is 1.96. The smallest absolute Gasteiger partial charge is 0.326 e. The maximum Gasteiger partial charge on any atom is 0.425 e. The molecule has 2 amide bonds. The molecule has 0 aliphatic carbocycles. The fraction of sp³-hybridized carbons (Fsp3) is 0.100. The molecule has 1 aliphatic heterocycles. The minimum absolute atomic E-state index is 0.142. The van der Waals surface area contributed by atoms with Gasteiger partial charge in [-0.1, -0.05) is 11.6 Å². The number of fused-ring (bicyclic) bond motifs is 1. The van der Waals surface area contributed by atoms with Crippen molar-refractivity contribution in [1.82, 2.24) is 14.9 Å². The van der Waals surface area contributed by atoms with Crippen LogP contribution in [0, 0.1) is 5.82 Å². The summed E-state index contributed by atoms with van der Waals surface area (Å²) < 4.78 is 57.0. The van der Waals surface area contributed by atoms with Crippen molar-refractivity contribution in [2.75, 3.05) is 5.32 Å². The number of nitrogens with one attached hydrogen (secondary N) is 3. The van der Waals surface area contributed by atoms with E-state index in [2.05, 4.69) is 0 Å². The van der Waals surface area contributed by atoms with Crippen molar-refractivity contribution in [3.05, 3.63) is 91.3 Å². The molecule has 8 nitrogen and oxygen atoms in total. The standard InChI is InChI=1S/C20H11ClF4N4O4/c21-10-3-1-9(2-4-10)15(30)28-19(20(23,24)25)13-14(26-17(19)32)29(18(33)27-16(13)31)12-7-5-11(22)6-8-12/h1-8H,(H,26,32)(H,28,30)(H,27,31,33). The van der Waals surface area contributed by atoms with E-state index in [0.29, 0.717) is 4.57 Å². The van der Waals surface area contributed by atoms with E-state index < -0.39 is 52.0 Å². The second-order valence-corrected chi connectivity index (χ2v) is 7.39. The van der Waals surface area contributed by atoms with Crippen LogP contribution in [0.5, 0.6) is 0 Å². The van der Waals surface area contributed by atoms with Crippen LogP contribution in [0.25, 0.3) is 5.69 Å². The van der Waals surface area contributed by atoms with Gasteiger partial charge >= 0.3 is 11.9 Å². The van der Waals surface area contributed by atoms with Crippen LogP contribution >= 0.6 is 11.6 Å². The average molecular weight is 483 g/mol. The minimum atomic E-state index is -5.50. The lowest BCUT2D eigenvalue weighted by atomic mass is 9.91. The minimum Gasteiger partial charge on any atom is -0.326 e. The summed E-state index contributed by atoms with van der Waals surface area (Å²) in [5.74, 6) is -4.64. The molecule has 0 saturated heterocycles. The third-order valence-corrected chi connectivity index (χ3v) is 5.23. The second kappa shape index (κ2) is 7.59. The summed E-state index contributed by atoms with van der Waals surface area (Å²) in [7, 11) is 0. The van der Waals surface area contributed by atoms with Gasteiger partial charge in [0.25, 0.3) is 22.9 Å². The van der Waals surface area contributed by atoms with E-state index in [-0.39, 0.29) is 16.3 Å². The van der Waals surface area contributed by atoms with E-state index >= 15 is 0 Å². The topological polar surface area (TPSA) is 113 Å². The molecule has 2 aromatic carbocycles. The Bertz CT molecular complexity index is 1400. The van der Waals surface area contributed by atoms with Crippen molar-refractivity contribution in [2.24, 2.45) is 0 Å². The van der Waals surface area contributed by atoms with Crippen LogP contribution < -0.4 is 21.9 Å². The lowest BCUT2D eigenvalue weighted by Gasteiger charge is -2.30. The largest absolute Gasteiger partial charge is 0.425 e. The molecule has 33 heavy (non-hydrogen) atoms. The van der Waals surface area contributed by atoms with Crippen molar-refractivity contribution in [2.45, 2.75) is 11.7 Å². The molecule has 13 heteroatoms. The van der Waals surface area contributed by atoms with Crippen LogP contribution in [0.15, 0.2) is 58.1 Å². The van der Waals surface area contributed by atoms with Crippen LogP contribution in [0.4, 0.5) is 23.4 Å². The summed E-state index contributed by atoms with van der Waals surface area (Å²) in [4.78, 5) is 52.0. The molecular weight excluding hydrogens is 472 g/mol. The van der Waals surface area contributed by atoms with Crippen LogP contribution in [0.1, 0.15) is 15.9 Å². The van der Waals surface area contributed by atoms with Gasteiger partial charge in [-0.05, 0) is 48.5 Å². The van der Waals surface area contributed by atoms with Crippen LogP contribution in [-0.4, -0.2) is 27.5 Å². The van der Waals surface area contributed by atoms with Gasteiger partial charge in [-0.15, -0.1) is 0 Å². The van der Waals surface area contributed by atoms with Crippen LogP contribution in [0.3, 0.4) is 0 Å². The van der Waals surface area contributed by atoms with Gasteiger partial charge in [-0.3, -0.25) is 19.4 Å². The fourth-order valence-electron chi connectivity index (χ4n) is 3.46. The Morgan fingerprint density at radius 2 is 1.61 bits per heavy atom. The highest BCUT2D eigenvalue weighted by atomic mass is 35.5. The van der Waals surface area contributed by atoms with Crippen molar-refractivity contribution < 1.29 is 27.2 Å². The number of H-pyrrole nitrogens is 1. The number of carbonyl (C=O) groups excluding carboxylic acids is 2. The Kier molecular flexibility index (Phi) is 5.12. The lowest BCUT2D eigenvalue weighted by Crippen LogP contribution is -2.62. The number of aromatic nitrogens is 2. The highest BCUT2D eigenvalue weighted by molar-refractivity contribution is 6.30. The normalized spacial score (nSPS) is 17.4. The first kappa shape index (κ1) is 22.3. The monoisotopic (exact) mass is 482 g/mol. The van der Waals surface area contributed by atoms with Gasteiger partial charge in [-0.2, -0.15) is 13.2 Å². The summed E-state index contributed by atoms with van der Waals surface area (Å²) in [5, 5.41) is 3.70. The maximum atomic E-state index is 14.4. The highest BCUT2D eigenvalue weighted by Crippen LogP contribution is 2.45. The highest BCUT2D eigenvalue weighted by Gasteiger charge is 2.68. The van der Waals surface area contributed by atoms with Gasteiger partial charge in [0.1, 0.15) is 17.2 Å². The van der Waals surface area contributed by atoms with Gasteiger partial charge in [0.2, 0.25) is 0 Å². The van der Waals surface area contributed by atoms with Gasteiger partial charge in [0, 0.05) is 10.6 Å². The predicted molar refractivity (Wildman–Crippen MR) is 108 cm³/mol. The first-order valence-corrected chi connectivity index (χ1v) is 9.45. The number of aromatic amines is 1. The summed E-state index contributed by atoms with van der Waals surface area (Å²) in [6.45, 7) is 0. The zero-order valence-corrected chi connectivity index (χ0v) is 16.8. The number of amides is 2. The lowest BCUT2D eigenvalue weighted by molar-refractivity contribution is -0.196. The SMILES string of the molecule is O=C(NC1(C(F)(F)F)C(=O)Nc2c1c(=O)[nH]c(=O)n2-c1ccc(F)cc1)c1ccc(Cl)cc1. The third-order valence-electron chi connectivity index (χ3n) is 4.98. The number of anilines is 1. The first-order chi connectivity index (χ1) is 15.5. The number of carbonyl (C=O) groups is 2. The van der Waals surface area contributed by atoms with Gasteiger partial charge in [-0.25, -0.2) is 13.8 Å². The number of rotatable bonds is 3. The number of benzene rings is 2. The number of nitrogens with zero attached hydrogens (tertiary/aromatic N) is 1. The third kappa shape index (κ3) is 3.48. The Labute approximate surface area is 185 Å². The molecular formula is C20H11ClF4N4O4. The molecule has 0 spiro atoms. The summed E-state index contributed by atoms with van der Waals surface area (Å²) in [6, 6.07) is 8.71. The predicted octanol–water partition coefficient (Wildman–Crippen LogP) is 2.46. The summed E-state index contributed by atoms with van der Waals surface area (Å²) in [6.07, 6.45) is -5.50. The molecule has 0 saturated carbocycles. The van der Waals surface area contributed by atoms with Crippen LogP contribution in [-0.2, 0) is 10.3 Å². The molecule has 2 heterocycles. The zero-order chi connectivity index (χ0) is 24.1. The first-order valence-electron chi connectivity index (χ1n) is 9.07. The van der Waals surface area contributed by atoms with E-state index in [0.717, 1.165) is 36.4 Å². The molecule has 0 radical (unpaired) electrons. The molecule has 3 N–H and O–H groups in total. The van der Waals surface area contributed by atoms with E-state index in [1.165, 1.54) is 12.1 Å². The van der Waals surface area contributed by atoms with Gasteiger partial charge in [0.05, 0.1) is 5.69 Å². The van der Waals surface area contributed by atoms with Gasteiger partial charge in [0.15, 0.2) is 0 Å². The van der Waals surface area contributed by atoms with Crippen molar-refractivity contribution >= 4 is 29.2 Å². The quantitative estimate of drug-likeness (QED) is 0.498. The Hall–Kier alpha value is -3.93. The summed E-state index contributed by atoms with van der Waals surface area (Å²) >= 11 is 5.72. The number of halogens is 5. The van der Waals surface area contributed by atoms with Crippen molar-refractivity contribution in [3.63, 3.8) is 0 Å². The maximum absolute atomic E-state index is 14.4. The second-order valence-electron chi connectivity index (χ2n) is 6.96. The molecule has 4 rings (SSSR count). The number of alkyl halides is 3. The molecule has 1 aliphatic rings. The van der Waals surface area contributed by atoms with Gasteiger partial charge < -0.3 is 10.6 Å². The average Bonchev–Trinajstić information content (AvgIpc) is 3.03. The summed E-state index contributed by atoms with van der Waals surface area (Å²) in [5.41, 5.74) is -8.20. The molecule has 0 fully saturated rings. The van der Waals surface area contributed by atoms with E-state index in [9.17, 15) is 36.7 Å². The molecule has 1 aromatic heterocycles.